The number of hydrogen-bond donors (Lipinski definition) is 1. The predicted octanol–water partition coefficient (Wildman–Crippen LogP) is 3.42. The van der Waals surface area contributed by atoms with Gasteiger partial charge < -0.3 is 4.74 Å². The molecule has 1 N–H and O–H groups in total. The summed E-state index contributed by atoms with van der Waals surface area (Å²) in [5.41, 5.74) is 2.16. The zero-order valence-corrected chi connectivity index (χ0v) is 12.7. The molecule has 0 heterocycles. The second kappa shape index (κ2) is 6.45. The summed E-state index contributed by atoms with van der Waals surface area (Å²) in [7, 11) is -1.98. The van der Waals surface area contributed by atoms with Crippen molar-refractivity contribution >= 4 is 21.8 Å². The molecule has 21 heavy (non-hydrogen) atoms. The Balaban J connectivity index is 2.16. The summed E-state index contributed by atoms with van der Waals surface area (Å²) in [5.74, 6) is 0.690. The first kappa shape index (κ1) is 15.1. The standard InChI is InChI=1S/C16H17NO3S/c1-13-12-15(20-2)8-9-16(13)17-21(18,19)11-10-14-6-4-3-5-7-14/h3-12,17H,1-2H3. The van der Waals surface area contributed by atoms with Crippen LogP contribution >= 0.6 is 0 Å². The van der Waals surface area contributed by atoms with Crippen molar-refractivity contribution in [3.63, 3.8) is 0 Å². The van der Waals surface area contributed by atoms with Crippen LogP contribution in [0.15, 0.2) is 53.9 Å². The van der Waals surface area contributed by atoms with Crippen molar-refractivity contribution in [2.45, 2.75) is 6.92 Å². The van der Waals surface area contributed by atoms with Crippen LogP contribution < -0.4 is 9.46 Å². The maximum Gasteiger partial charge on any atom is 0.255 e. The van der Waals surface area contributed by atoms with Crippen molar-refractivity contribution in [1.82, 2.24) is 0 Å². The van der Waals surface area contributed by atoms with Crippen LogP contribution in [0.5, 0.6) is 5.75 Å². The van der Waals surface area contributed by atoms with Crippen molar-refractivity contribution in [2.24, 2.45) is 0 Å². The van der Waals surface area contributed by atoms with Gasteiger partial charge in [-0.1, -0.05) is 30.3 Å². The van der Waals surface area contributed by atoms with Gasteiger partial charge in [-0.15, -0.1) is 0 Å². The van der Waals surface area contributed by atoms with Crippen LogP contribution in [0.4, 0.5) is 5.69 Å². The highest BCUT2D eigenvalue weighted by molar-refractivity contribution is 7.95. The quantitative estimate of drug-likeness (QED) is 0.921. The monoisotopic (exact) mass is 303 g/mol. The fourth-order valence-electron chi connectivity index (χ4n) is 1.80. The Bertz CT molecular complexity index is 737. The van der Waals surface area contributed by atoms with Crippen LogP contribution in [0.2, 0.25) is 0 Å². The van der Waals surface area contributed by atoms with Gasteiger partial charge in [-0.2, -0.15) is 0 Å². The predicted molar refractivity (Wildman–Crippen MR) is 85.7 cm³/mol. The van der Waals surface area contributed by atoms with Gasteiger partial charge in [0.2, 0.25) is 0 Å². The Hall–Kier alpha value is -2.27. The lowest BCUT2D eigenvalue weighted by Gasteiger charge is -2.09. The molecule has 0 saturated carbocycles. The molecule has 0 saturated heterocycles. The topological polar surface area (TPSA) is 55.4 Å². The lowest BCUT2D eigenvalue weighted by atomic mass is 10.2. The van der Waals surface area contributed by atoms with Gasteiger partial charge in [0.1, 0.15) is 5.75 Å². The second-order valence-corrected chi connectivity index (χ2v) is 6.11. The summed E-state index contributed by atoms with van der Waals surface area (Å²) in [6.07, 6.45) is 1.56. The largest absolute Gasteiger partial charge is 0.497 e. The first-order valence-electron chi connectivity index (χ1n) is 6.41. The van der Waals surface area contributed by atoms with E-state index in [0.29, 0.717) is 11.4 Å². The number of benzene rings is 2. The Labute approximate surface area is 125 Å². The minimum absolute atomic E-state index is 0.536. The molecular weight excluding hydrogens is 286 g/mol. The highest BCUT2D eigenvalue weighted by atomic mass is 32.2. The van der Waals surface area contributed by atoms with E-state index in [1.807, 2.05) is 37.3 Å². The van der Waals surface area contributed by atoms with Gasteiger partial charge in [0.15, 0.2) is 0 Å². The van der Waals surface area contributed by atoms with Crippen molar-refractivity contribution in [2.75, 3.05) is 11.8 Å². The smallest absolute Gasteiger partial charge is 0.255 e. The van der Waals surface area contributed by atoms with Crippen LogP contribution in [0, 0.1) is 6.92 Å². The van der Waals surface area contributed by atoms with E-state index in [4.69, 9.17) is 4.74 Å². The molecule has 0 aliphatic heterocycles. The van der Waals surface area contributed by atoms with E-state index in [2.05, 4.69) is 4.72 Å². The fourth-order valence-corrected chi connectivity index (χ4v) is 2.74. The van der Waals surface area contributed by atoms with Gasteiger partial charge in [0.05, 0.1) is 18.2 Å². The highest BCUT2D eigenvalue weighted by Gasteiger charge is 2.08. The molecule has 0 atom stereocenters. The zero-order valence-electron chi connectivity index (χ0n) is 11.9. The van der Waals surface area contributed by atoms with E-state index in [0.717, 1.165) is 16.5 Å². The molecule has 2 rings (SSSR count). The number of ether oxygens (including phenoxy) is 1. The average Bonchev–Trinajstić information content (AvgIpc) is 2.48. The molecule has 0 amide bonds. The number of methoxy groups -OCH3 is 1. The number of hydrogen-bond acceptors (Lipinski definition) is 3. The van der Waals surface area contributed by atoms with E-state index in [1.165, 1.54) is 0 Å². The Morgan fingerprint density at radius 2 is 1.81 bits per heavy atom. The molecule has 0 spiro atoms. The molecule has 4 nitrogen and oxygen atoms in total. The molecule has 0 unspecified atom stereocenters. The second-order valence-electron chi connectivity index (χ2n) is 4.54. The molecule has 110 valence electrons. The van der Waals surface area contributed by atoms with Gasteiger partial charge in [-0.25, -0.2) is 8.42 Å². The fraction of sp³-hybridized carbons (Fsp3) is 0.125. The van der Waals surface area contributed by atoms with E-state index in [1.54, 1.807) is 31.4 Å². The number of aryl methyl sites for hydroxylation is 1. The molecule has 2 aromatic carbocycles. The van der Waals surface area contributed by atoms with Gasteiger partial charge in [0, 0.05) is 0 Å². The maximum absolute atomic E-state index is 12.1. The first-order chi connectivity index (χ1) is 10.00. The Kier molecular flexibility index (Phi) is 4.65. The van der Waals surface area contributed by atoms with Crippen molar-refractivity contribution in [3.05, 3.63) is 65.1 Å². The molecule has 0 aliphatic carbocycles. The summed E-state index contributed by atoms with van der Waals surface area (Å²) in [6.45, 7) is 1.82. The van der Waals surface area contributed by atoms with Crippen molar-refractivity contribution < 1.29 is 13.2 Å². The third kappa shape index (κ3) is 4.36. The molecule has 5 heteroatoms. The molecule has 0 fully saturated rings. The molecule has 0 radical (unpaired) electrons. The number of nitrogens with one attached hydrogen (secondary N) is 1. The Morgan fingerprint density at radius 1 is 1.10 bits per heavy atom. The van der Waals surface area contributed by atoms with E-state index < -0.39 is 10.0 Å². The lowest BCUT2D eigenvalue weighted by Crippen LogP contribution is -2.09. The Morgan fingerprint density at radius 3 is 2.43 bits per heavy atom. The molecular formula is C16H17NO3S. The number of anilines is 1. The summed E-state index contributed by atoms with van der Waals surface area (Å²) in [4.78, 5) is 0. The van der Waals surface area contributed by atoms with Crippen LogP contribution in [-0.4, -0.2) is 15.5 Å². The third-order valence-corrected chi connectivity index (χ3v) is 3.92. The minimum atomic E-state index is -3.55. The lowest BCUT2D eigenvalue weighted by molar-refractivity contribution is 0.414. The SMILES string of the molecule is COc1ccc(NS(=O)(=O)C=Cc2ccccc2)c(C)c1. The third-order valence-electron chi connectivity index (χ3n) is 2.93. The van der Waals surface area contributed by atoms with Crippen LogP contribution in [-0.2, 0) is 10.0 Å². The van der Waals surface area contributed by atoms with Gasteiger partial charge in [0.25, 0.3) is 10.0 Å². The maximum atomic E-state index is 12.1. The van der Waals surface area contributed by atoms with Gasteiger partial charge in [-0.05, 0) is 42.3 Å². The highest BCUT2D eigenvalue weighted by Crippen LogP contribution is 2.22. The van der Waals surface area contributed by atoms with Crippen LogP contribution in [0.1, 0.15) is 11.1 Å². The van der Waals surface area contributed by atoms with E-state index >= 15 is 0 Å². The molecule has 0 aromatic heterocycles. The number of rotatable bonds is 5. The molecule has 2 aromatic rings. The van der Waals surface area contributed by atoms with Gasteiger partial charge in [-0.3, -0.25) is 4.72 Å². The zero-order chi connectivity index (χ0) is 15.3. The van der Waals surface area contributed by atoms with Crippen molar-refractivity contribution in [1.29, 1.82) is 0 Å². The minimum Gasteiger partial charge on any atom is -0.497 e. The molecule has 0 bridgehead atoms. The normalized spacial score (nSPS) is 11.5. The summed E-state index contributed by atoms with van der Waals surface area (Å²) in [5, 5.41) is 1.16. The van der Waals surface area contributed by atoms with E-state index in [9.17, 15) is 8.42 Å². The van der Waals surface area contributed by atoms with Crippen LogP contribution in [0.3, 0.4) is 0 Å². The molecule has 0 aliphatic rings. The van der Waals surface area contributed by atoms with E-state index in [-0.39, 0.29) is 0 Å². The van der Waals surface area contributed by atoms with Crippen LogP contribution in [0.25, 0.3) is 6.08 Å². The average molecular weight is 303 g/mol. The summed E-state index contributed by atoms with van der Waals surface area (Å²) in [6, 6.07) is 14.4. The van der Waals surface area contributed by atoms with Crippen molar-refractivity contribution in [3.8, 4) is 5.75 Å². The first-order valence-corrected chi connectivity index (χ1v) is 7.95. The van der Waals surface area contributed by atoms with Gasteiger partial charge >= 0.3 is 0 Å². The number of sulfonamides is 1. The summed E-state index contributed by atoms with van der Waals surface area (Å²) < 4.78 is 31.7. The summed E-state index contributed by atoms with van der Waals surface area (Å²) >= 11 is 0.